The van der Waals surface area contributed by atoms with Gasteiger partial charge >= 0.3 is 0 Å². The molecule has 7 rings (SSSR count). The fraction of sp³-hybridized carbons (Fsp3) is 0.119. The molecule has 0 atom stereocenters. The van der Waals surface area contributed by atoms with Crippen molar-refractivity contribution in [2.24, 2.45) is 0 Å². The second kappa shape index (κ2) is 14.1. The highest BCUT2D eigenvalue weighted by molar-refractivity contribution is 6.11. The summed E-state index contributed by atoms with van der Waals surface area (Å²) in [6.45, 7) is 7.95. The molecule has 8 heteroatoms. The third-order valence-electron chi connectivity index (χ3n) is 8.96. The summed E-state index contributed by atoms with van der Waals surface area (Å²) in [4.78, 5) is 58.3. The van der Waals surface area contributed by atoms with Crippen molar-refractivity contribution >= 4 is 33.4 Å². The Morgan fingerprint density at radius 2 is 1.26 bits per heavy atom. The summed E-state index contributed by atoms with van der Waals surface area (Å²) in [6.07, 6.45) is 4.53. The summed E-state index contributed by atoms with van der Waals surface area (Å²) >= 11 is 0. The van der Waals surface area contributed by atoms with Gasteiger partial charge in [-0.05, 0) is 98.5 Å². The lowest BCUT2D eigenvalue weighted by atomic mass is 9.99. The molecule has 50 heavy (non-hydrogen) atoms. The van der Waals surface area contributed by atoms with Gasteiger partial charge in [0.25, 0.3) is 0 Å². The zero-order valence-electron chi connectivity index (χ0n) is 28.1. The molecule has 0 bridgehead atoms. The molecular formula is C42H34FN3O4. The van der Waals surface area contributed by atoms with Crippen LogP contribution in [-0.4, -0.2) is 26.1 Å². The average Bonchev–Trinajstić information content (AvgIpc) is 3.13. The van der Waals surface area contributed by atoms with E-state index >= 15 is 0 Å². The SMILES string of the molecule is Cc1ccc(C(=O)c2c[nH]c3ccccc3c2=O)cc1C.Cc1ccc(C(=O)c2cn(Cc3ncccc3F)c3ccccc3c2=O)cc1C. The van der Waals surface area contributed by atoms with Gasteiger partial charge in [0.05, 0.1) is 28.9 Å². The molecule has 7 nitrogen and oxygen atoms in total. The Balaban J connectivity index is 0.000000182. The molecule has 0 radical (unpaired) electrons. The quantitative estimate of drug-likeness (QED) is 0.183. The molecule has 248 valence electrons. The van der Waals surface area contributed by atoms with Gasteiger partial charge in [-0.3, -0.25) is 24.2 Å². The van der Waals surface area contributed by atoms with Crippen LogP contribution in [0.2, 0.25) is 0 Å². The fourth-order valence-corrected chi connectivity index (χ4v) is 5.75. The van der Waals surface area contributed by atoms with Crippen LogP contribution < -0.4 is 10.9 Å². The largest absolute Gasteiger partial charge is 0.360 e. The minimum absolute atomic E-state index is 0.0586. The van der Waals surface area contributed by atoms with Crippen molar-refractivity contribution in [3.8, 4) is 0 Å². The third kappa shape index (κ3) is 6.69. The Morgan fingerprint density at radius 3 is 1.90 bits per heavy atom. The van der Waals surface area contributed by atoms with Crippen LogP contribution in [0.5, 0.6) is 0 Å². The van der Waals surface area contributed by atoms with Crippen LogP contribution in [0.15, 0.2) is 125 Å². The van der Waals surface area contributed by atoms with E-state index in [0.29, 0.717) is 27.4 Å². The minimum Gasteiger partial charge on any atom is -0.360 e. The number of halogens is 1. The number of hydrogen-bond acceptors (Lipinski definition) is 5. The molecule has 0 saturated carbocycles. The number of aromatic amines is 1. The zero-order valence-corrected chi connectivity index (χ0v) is 28.1. The Kier molecular flexibility index (Phi) is 9.45. The van der Waals surface area contributed by atoms with Crippen LogP contribution in [0, 0.1) is 33.5 Å². The topological polar surface area (TPSA) is 102 Å². The summed E-state index contributed by atoms with van der Waals surface area (Å²) in [6, 6.07) is 27.9. The lowest BCUT2D eigenvalue weighted by Gasteiger charge is -2.13. The number of carbonyl (C=O) groups excluding carboxylic acids is 2. The number of pyridine rings is 3. The maximum atomic E-state index is 14.2. The fourth-order valence-electron chi connectivity index (χ4n) is 5.75. The van der Waals surface area contributed by atoms with E-state index in [4.69, 9.17) is 0 Å². The van der Waals surface area contributed by atoms with Crippen molar-refractivity contribution in [1.82, 2.24) is 14.5 Å². The van der Waals surface area contributed by atoms with Crippen molar-refractivity contribution in [1.29, 1.82) is 0 Å². The van der Waals surface area contributed by atoms with E-state index in [1.54, 1.807) is 59.2 Å². The first-order chi connectivity index (χ1) is 24.0. The number of para-hydroxylation sites is 2. The molecule has 0 unspecified atom stereocenters. The minimum atomic E-state index is -0.433. The first-order valence-electron chi connectivity index (χ1n) is 16.1. The van der Waals surface area contributed by atoms with Crippen LogP contribution in [0.1, 0.15) is 59.8 Å². The Hall–Kier alpha value is -6.28. The zero-order chi connectivity index (χ0) is 35.5. The molecular weight excluding hydrogens is 629 g/mol. The molecule has 7 aromatic rings. The standard InChI is InChI=1S/C24H19FN2O2.C18H15NO2/c1-15-9-10-17(12-16(15)2)23(28)19-13-27(14-21-20(25)7-5-11-26-21)22-8-4-3-6-18(22)24(19)29;1-11-7-8-13(9-12(11)2)17(20)15-10-19-16-6-4-3-5-14(16)18(15)21/h3-13H,14H2,1-2H3;3-10H,1-2H3,(H,19,21). The number of H-pyrrole nitrogens is 1. The highest BCUT2D eigenvalue weighted by Gasteiger charge is 2.19. The second-order valence-corrected chi connectivity index (χ2v) is 12.3. The molecule has 3 aromatic heterocycles. The first-order valence-corrected chi connectivity index (χ1v) is 16.1. The highest BCUT2D eigenvalue weighted by Crippen LogP contribution is 2.19. The Morgan fingerprint density at radius 1 is 0.680 bits per heavy atom. The van der Waals surface area contributed by atoms with Gasteiger partial charge in [0, 0.05) is 46.0 Å². The van der Waals surface area contributed by atoms with Crippen molar-refractivity contribution in [3.05, 3.63) is 192 Å². The van der Waals surface area contributed by atoms with Crippen molar-refractivity contribution in [2.45, 2.75) is 34.2 Å². The molecule has 3 heterocycles. The molecule has 1 N–H and O–H groups in total. The normalized spacial score (nSPS) is 10.9. The lowest BCUT2D eigenvalue weighted by Crippen LogP contribution is -2.20. The Bertz CT molecular complexity index is 2570. The molecule has 0 aliphatic carbocycles. The predicted molar refractivity (Wildman–Crippen MR) is 195 cm³/mol. The number of fused-ring (bicyclic) bond motifs is 2. The van der Waals surface area contributed by atoms with Crippen LogP contribution in [0.25, 0.3) is 21.8 Å². The maximum Gasteiger partial charge on any atom is 0.200 e. The van der Waals surface area contributed by atoms with Crippen molar-refractivity contribution in [2.75, 3.05) is 0 Å². The van der Waals surface area contributed by atoms with E-state index in [1.807, 2.05) is 58.0 Å². The third-order valence-corrected chi connectivity index (χ3v) is 8.96. The number of benzene rings is 4. The smallest absolute Gasteiger partial charge is 0.200 e. The number of rotatable bonds is 6. The molecule has 0 aliphatic heterocycles. The van der Waals surface area contributed by atoms with Crippen LogP contribution in [0.3, 0.4) is 0 Å². The van der Waals surface area contributed by atoms with Gasteiger partial charge in [-0.15, -0.1) is 0 Å². The van der Waals surface area contributed by atoms with Gasteiger partial charge in [0.2, 0.25) is 10.9 Å². The van der Waals surface area contributed by atoms with Crippen molar-refractivity contribution < 1.29 is 14.0 Å². The van der Waals surface area contributed by atoms with Gasteiger partial charge in [0.15, 0.2) is 11.6 Å². The van der Waals surface area contributed by atoms with E-state index in [9.17, 15) is 23.6 Å². The highest BCUT2D eigenvalue weighted by atomic mass is 19.1. The van der Waals surface area contributed by atoms with Crippen LogP contribution >= 0.6 is 0 Å². The second-order valence-electron chi connectivity index (χ2n) is 12.3. The molecule has 0 spiro atoms. The van der Waals surface area contributed by atoms with E-state index < -0.39 is 5.82 Å². The van der Waals surface area contributed by atoms with Crippen molar-refractivity contribution in [3.63, 3.8) is 0 Å². The number of nitrogens with zero attached hydrogens (tertiary/aromatic N) is 2. The maximum absolute atomic E-state index is 14.2. The van der Waals surface area contributed by atoms with E-state index in [0.717, 1.165) is 27.8 Å². The number of hydrogen-bond donors (Lipinski definition) is 1. The van der Waals surface area contributed by atoms with Gasteiger partial charge in [-0.2, -0.15) is 0 Å². The van der Waals surface area contributed by atoms with E-state index in [2.05, 4.69) is 9.97 Å². The van der Waals surface area contributed by atoms with Gasteiger partial charge in [0.1, 0.15) is 5.82 Å². The molecule has 0 saturated heterocycles. The monoisotopic (exact) mass is 663 g/mol. The number of ketones is 2. The van der Waals surface area contributed by atoms with Gasteiger partial charge in [-0.25, -0.2) is 4.39 Å². The Labute approximate surface area is 287 Å². The summed E-state index contributed by atoms with van der Waals surface area (Å²) in [5.74, 6) is -1.03. The lowest BCUT2D eigenvalue weighted by molar-refractivity contribution is 0.102. The van der Waals surface area contributed by atoms with Crippen LogP contribution in [0.4, 0.5) is 4.39 Å². The number of aromatic nitrogens is 3. The van der Waals surface area contributed by atoms with E-state index in [1.165, 1.54) is 30.7 Å². The van der Waals surface area contributed by atoms with E-state index in [-0.39, 0.29) is 45.8 Å². The summed E-state index contributed by atoms with van der Waals surface area (Å²) in [7, 11) is 0. The number of carbonyl (C=O) groups is 2. The molecule has 0 aliphatic rings. The van der Waals surface area contributed by atoms with Crippen LogP contribution in [-0.2, 0) is 6.54 Å². The molecule has 4 aromatic carbocycles. The predicted octanol–water partition coefficient (Wildman–Crippen LogP) is 7.81. The summed E-state index contributed by atoms with van der Waals surface area (Å²) in [5.41, 5.74) is 6.49. The van der Waals surface area contributed by atoms with Gasteiger partial charge in [-0.1, -0.05) is 48.5 Å². The average molecular weight is 664 g/mol. The van der Waals surface area contributed by atoms with Gasteiger partial charge < -0.3 is 9.55 Å². The summed E-state index contributed by atoms with van der Waals surface area (Å²) < 4.78 is 15.9. The first kappa shape index (κ1) is 33.6. The molecule has 0 amide bonds. The number of nitrogens with one attached hydrogen (secondary N) is 1. The number of aryl methyl sites for hydroxylation is 4. The summed E-state index contributed by atoms with van der Waals surface area (Å²) in [5, 5.41) is 0.950. The molecule has 0 fully saturated rings.